The summed E-state index contributed by atoms with van der Waals surface area (Å²) in [7, 11) is 0. The van der Waals surface area contributed by atoms with Crippen LogP contribution in [-0.2, 0) is 0 Å². The lowest BCUT2D eigenvalue weighted by Gasteiger charge is -2.11. The molecule has 0 unspecified atom stereocenters. The summed E-state index contributed by atoms with van der Waals surface area (Å²) < 4.78 is 1.25. The molecule has 0 atom stereocenters. The van der Waals surface area contributed by atoms with Crippen molar-refractivity contribution in [3.63, 3.8) is 0 Å². The molecule has 0 aliphatic rings. The molecule has 0 aliphatic carbocycles. The molecule has 1 heterocycles. The molecular weight excluding hydrogens is 212 g/mol. The highest BCUT2D eigenvalue weighted by Crippen LogP contribution is 2.41. The largest absolute Gasteiger partial charge is 0.397 e. The second-order valence-corrected chi connectivity index (χ2v) is 4.88. The Bertz CT molecular complexity index is 488. The van der Waals surface area contributed by atoms with Gasteiger partial charge in [0, 0.05) is 10.3 Å². The number of fused-ring (bicyclic) bond motifs is 1. The molecule has 14 heavy (non-hydrogen) atoms. The first-order valence-electron chi connectivity index (χ1n) is 4.25. The molecule has 0 radical (unpaired) electrons. The molecule has 4 N–H and O–H groups in total. The lowest BCUT2D eigenvalue weighted by molar-refractivity contribution is 1.37. The molecule has 0 aliphatic heterocycles. The van der Waals surface area contributed by atoms with E-state index < -0.39 is 0 Å². The van der Waals surface area contributed by atoms with Crippen LogP contribution in [0.1, 0.15) is 5.56 Å². The molecular formula is C10H12N2S2. The minimum absolute atomic E-state index is 0.719. The monoisotopic (exact) mass is 224 g/mol. The highest BCUT2D eigenvalue weighted by atomic mass is 32.2. The number of hydrogen-bond acceptors (Lipinski definition) is 4. The van der Waals surface area contributed by atoms with Crippen LogP contribution in [0.5, 0.6) is 0 Å². The zero-order chi connectivity index (χ0) is 10.3. The molecule has 0 saturated heterocycles. The van der Waals surface area contributed by atoms with Crippen molar-refractivity contribution >= 4 is 44.6 Å². The summed E-state index contributed by atoms with van der Waals surface area (Å²) in [5, 5.41) is 3.14. The number of nitrogen functional groups attached to an aromatic ring is 2. The number of hydrogen-bond donors (Lipinski definition) is 2. The van der Waals surface area contributed by atoms with Gasteiger partial charge in [-0.1, -0.05) is 0 Å². The van der Waals surface area contributed by atoms with Crippen molar-refractivity contribution in [1.29, 1.82) is 0 Å². The fourth-order valence-electron chi connectivity index (χ4n) is 1.58. The van der Waals surface area contributed by atoms with Crippen LogP contribution < -0.4 is 11.5 Å². The van der Waals surface area contributed by atoms with E-state index in [-0.39, 0.29) is 0 Å². The number of thioether (sulfide) groups is 1. The minimum atomic E-state index is 0.719. The van der Waals surface area contributed by atoms with Crippen molar-refractivity contribution < 1.29 is 0 Å². The summed E-state index contributed by atoms with van der Waals surface area (Å²) in [5.74, 6) is 0. The third-order valence-corrected chi connectivity index (χ3v) is 4.38. The van der Waals surface area contributed by atoms with Crippen molar-refractivity contribution in [1.82, 2.24) is 0 Å². The maximum Gasteiger partial charge on any atom is 0.0639 e. The van der Waals surface area contributed by atoms with E-state index in [0.717, 1.165) is 22.3 Å². The Kier molecular flexibility index (Phi) is 2.33. The van der Waals surface area contributed by atoms with Crippen molar-refractivity contribution in [3.05, 3.63) is 17.0 Å². The molecule has 2 nitrogen and oxygen atoms in total. The predicted octanol–water partition coefficient (Wildman–Crippen LogP) is 3.10. The maximum absolute atomic E-state index is 5.96. The van der Waals surface area contributed by atoms with Crippen molar-refractivity contribution in [2.75, 3.05) is 17.7 Å². The van der Waals surface area contributed by atoms with Gasteiger partial charge in [-0.05, 0) is 30.2 Å². The highest BCUT2D eigenvalue weighted by Gasteiger charge is 2.12. The highest BCUT2D eigenvalue weighted by molar-refractivity contribution is 7.99. The normalized spacial score (nSPS) is 11.0. The maximum atomic E-state index is 5.96. The number of benzene rings is 1. The summed E-state index contributed by atoms with van der Waals surface area (Å²) in [5.41, 5.74) is 14.5. The Morgan fingerprint density at radius 1 is 1.29 bits per heavy atom. The summed E-state index contributed by atoms with van der Waals surface area (Å²) in [4.78, 5) is 1.25. The van der Waals surface area contributed by atoms with E-state index in [1.54, 1.807) is 23.1 Å². The molecule has 2 rings (SSSR count). The summed E-state index contributed by atoms with van der Waals surface area (Å²) >= 11 is 3.45. The van der Waals surface area contributed by atoms with Crippen LogP contribution in [0.25, 0.3) is 10.1 Å². The van der Waals surface area contributed by atoms with Crippen LogP contribution >= 0.6 is 23.1 Å². The Hall–Kier alpha value is -0.870. The van der Waals surface area contributed by atoms with Crippen LogP contribution in [0.4, 0.5) is 11.4 Å². The Balaban J connectivity index is 2.95. The van der Waals surface area contributed by atoms with Gasteiger partial charge in [0.2, 0.25) is 0 Å². The van der Waals surface area contributed by atoms with Gasteiger partial charge in [0.05, 0.1) is 16.1 Å². The third-order valence-electron chi connectivity index (χ3n) is 2.40. The summed E-state index contributed by atoms with van der Waals surface area (Å²) in [6, 6.07) is 2.03. The standard InChI is InChI=1S/C10H12N2S2/c1-5-7(11)8(12)6-3-4-14-10(6)9(5)13-2/h3-4H,11-12H2,1-2H3. The Morgan fingerprint density at radius 2 is 2.00 bits per heavy atom. The van der Waals surface area contributed by atoms with Gasteiger partial charge in [0.25, 0.3) is 0 Å². The zero-order valence-corrected chi connectivity index (χ0v) is 9.76. The van der Waals surface area contributed by atoms with Crippen LogP contribution in [0, 0.1) is 6.92 Å². The van der Waals surface area contributed by atoms with Crippen molar-refractivity contribution in [3.8, 4) is 0 Å². The second-order valence-electron chi connectivity index (χ2n) is 3.15. The lowest BCUT2D eigenvalue weighted by atomic mass is 10.1. The fraction of sp³-hybridized carbons (Fsp3) is 0.200. The third kappa shape index (κ3) is 1.18. The number of rotatable bonds is 1. The van der Waals surface area contributed by atoms with Crippen molar-refractivity contribution in [2.45, 2.75) is 11.8 Å². The van der Waals surface area contributed by atoms with E-state index in [9.17, 15) is 0 Å². The number of anilines is 2. The predicted molar refractivity (Wildman–Crippen MR) is 67.2 cm³/mol. The molecule has 0 bridgehead atoms. The van der Waals surface area contributed by atoms with E-state index in [1.807, 2.05) is 13.0 Å². The van der Waals surface area contributed by atoms with Gasteiger partial charge < -0.3 is 11.5 Å². The van der Waals surface area contributed by atoms with Gasteiger partial charge in [-0.2, -0.15) is 0 Å². The van der Waals surface area contributed by atoms with Gasteiger partial charge in [0.1, 0.15) is 0 Å². The summed E-state index contributed by atoms with van der Waals surface area (Å²) in [6.45, 7) is 2.02. The van der Waals surface area contributed by atoms with Crippen LogP contribution in [0.3, 0.4) is 0 Å². The molecule has 0 spiro atoms. The Labute approximate surface area is 91.3 Å². The smallest absolute Gasteiger partial charge is 0.0639 e. The van der Waals surface area contributed by atoms with Crippen LogP contribution in [0.2, 0.25) is 0 Å². The van der Waals surface area contributed by atoms with E-state index >= 15 is 0 Å². The quantitative estimate of drug-likeness (QED) is 0.578. The van der Waals surface area contributed by atoms with Gasteiger partial charge >= 0.3 is 0 Å². The van der Waals surface area contributed by atoms with Gasteiger partial charge in [-0.3, -0.25) is 0 Å². The van der Waals surface area contributed by atoms with Gasteiger partial charge in [-0.25, -0.2) is 0 Å². The molecule has 4 heteroatoms. The van der Waals surface area contributed by atoms with E-state index in [0.29, 0.717) is 0 Å². The Morgan fingerprint density at radius 3 is 2.64 bits per heavy atom. The molecule has 1 aromatic carbocycles. The van der Waals surface area contributed by atoms with Crippen molar-refractivity contribution in [2.24, 2.45) is 0 Å². The van der Waals surface area contributed by atoms with Gasteiger partial charge in [-0.15, -0.1) is 23.1 Å². The molecule has 2 aromatic rings. The number of thiophene rings is 1. The molecule has 1 aromatic heterocycles. The first-order chi connectivity index (χ1) is 6.66. The van der Waals surface area contributed by atoms with E-state index in [2.05, 4.69) is 11.6 Å². The first-order valence-corrected chi connectivity index (χ1v) is 6.36. The fourth-order valence-corrected chi connectivity index (χ4v) is 3.59. The van der Waals surface area contributed by atoms with Gasteiger partial charge in [0.15, 0.2) is 0 Å². The summed E-state index contributed by atoms with van der Waals surface area (Å²) in [6.07, 6.45) is 2.07. The van der Waals surface area contributed by atoms with Crippen LogP contribution in [0.15, 0.2) is 16.3 Å². The van der Waals surface area contributed by atoms with E-state index in [1.165, 1.54) is 9.60 Å². The minimum Gasteiger partial charge on any atom is -0.397 e. The van der Waals surface area contributed by atoms with Crippen LogP contribution in [-0.4, -0.2) is 6.26 Å². The topological polar surface area (TPSA) is 52.0 Å². The molecule has 0 fully saturated rings. The average molecular weight is 224 g/mol. The molecule has 0 amide bonds. The van der Waals surface area contributed by atoms with E-state index in [4.69, 9.17) is 11.5 Å². The SMILES string of the molecule is CSc1c(C)c(N)c(N)c2ccsc12. The second kappa shape index (κ2) is 3.37. The number of nitrogens with two attached hydrogens (primary N) is 2. The lowest BCUT2D eigenvalue weighted by Crippen LogP contribution is -1.99. The molecule has 0 saturated carbocycles. The zero-order valence-electron chi connectivity index (χ0n) is 8.13. The first kappa shape index (κ1) is 9.68. The molecule has 74 valence electrons. The average Bonchev–Trinajstić information content (AvgIpc) is 2.64.